The van der Waals surface area contributed by atoms with E-state index in [1.165, 1.54) is 38.5 Å². The Morgan fingerprint density at radius 1 is 1.27 bits per heavy atom. The second-order valence-corrected chi connectivity index (χ2v) is 5.13. The van der Waals surface area contributed by atoms with Crippen LogP contribution in [0.25, 0.3) is 0 Å². The van der Waals surface area contributed by atoms with Crippen molar-refractivity contribution in [1.82, 2.24) is 5.32 Å². The number of aliphatic hydroxyl groups excluding tert-OH is 1. The lowest BCUT2D eigenvalue weighted by Crippen LogP contribution is -2.38. The molecule has 0 radical (unpaired) electrons. The van der Waals surface area contributed by atoms with Crippen LogP contribution in [0.15, 0.2) is 0 Å². The van der Waals surface area contributed by atoms with Gasteiger partial charge in [0.15, 0.2) is 0 Å². The smallest absolute Gasteiger partial charge is 0.0700 e. The van der Waals surface area contributed by atoms with Crippen molar-refractivity contribution in [2.45, 2.75) is 44.6 Å². The third kappa shape index (κ3) is 2.92. The first-order valence-corrected chi connectivity index (χ1v) is 6.28. The Labute approximate surface area is 92.2 Å². The summed E-state index contributed by atoms with van der Waals surface area (Å²) in [5, 5.41) is 12.9. The molecule has 0 spiro atoms. The average Bonchev–Trinajstić information content (AvgIpc) is 2.89. The van der Waals surface area contributed by atoms with Crippen molar-refractivity contribution < 1.29 is 9.84 Å². The summed E-state index contributed by atoms with van der Waals surface area (Å²) in [7, 11) is 0. The molecule has 15 heavy (non-hydrogen) atoms. The largest absolute Gasteiger partial charge is 0.396 e. The van der Waals surface area contributed by atoms with E-state index < -0.39 is 0 Å². The second-order valence-electron chi connectivity index (χ2n) is 5.13. The lowest BCUT2D eigenvalue weighted by Gasteiger charge is -2.27. The van der Waals surface area contributed by atoms with E-state index in [0.717, 1.165) is 19.7 Å². The van der Waals surface area contributed by atoms with E-state index in [2.05, 4.69) is 5.32 Å². The topological polar surface area (TPSA) is 41.5 Å². The molecular formula is C12H23NO2. The van der Waals surface area contributed by atoms with Crippen molar-refractivity contribution in [2.75, 3.05) is 26.3 Å². The summed E-state index contributed by atoms with van der Waals surface area (Å²) in [6.07, 6.45) is 7.74. The van der Waals surface area contributed by atoms with E-state index in [4.69, 9.17) is 4.74 Å². The van der Waals surface area contributed by atoms with Crippen LogP contribution in [0.2, 0.25) is 0 Å². The Hall–Kier alpha value is -0.120. The normalized spacial score (nSPS) is 29.8. The van der Waals surface area contributed by atoms with Gasteiger partial charge in [0.05, 0.1) is 6.10 Å². The van der Waals surface area contributed by atoms with Gasteiger partial charge in [0, 0.05) is 31.7 Å². The molecule has 88 valence electrons. The third-order valence-electron chi connectivity index (χ3n) is 3.90. The summed E-state index contributed by atoms with van der Waals surface area (Å²) in [6.45, 7) is 3.19. The molecule has 0 aromatic rings. The van der Waals surface area contributed by atoms with Gasteiger partial charge < -0.3 is 15.2 Å². The van der Waals surface area contributed by atoms with Crippen molar-refractivity contribution in [3.8, 4) is 0 Å². The molecule has 0 bridgehead atoms. The molecule has 1 aliphatic carbocycles. The summed E-state index contributed by atoms with van der Waals surface area (Å²) in [6, 6.07) is 0. The number of hydrogen-bond donors (Lipinski definition) is 2. The predicted molar refractivity (Wildman–Crippen MR) is 59.8 cm³/mol. The summed E-state index contributed by atoms with van der Waals surface area (Å²) in [4.78, 5) is 0. The van der Waals surface area contributed by atoms with E-state index >= 15 is 0 Å². The van der Waals surface area contributed by atoms with E-state index in [9.17, 15) is 5.11 Å². The maximum absolute atomic E-state index is 9.44. The summed E-state index contributed by atoms with van der Waals surface area (Å²) < 4.78 is 5.56. The van der Waals surface area contributed by atoms with Crippen LogP contribution < -0.4 is 5.32 Å². The molecule has 0 aromatic carbocycles. The van der Waals surface area contributed by atoms with Crippen LogP contribution in [0.1, 0.15) is 38.5 Å². The van der Waals surface area contributed by atoms with Crippen LogP contribution in [-0.2, 0) is 4.74 Å². The fourth-order valence-corrected chi connectivity index (χ4v) is 2.82. The first-order valence-electron chi connectivity index (χ1n) is 6.28. The Morgan fingerprint density at radius 2 is 2.07 bits per heavy atom. The van der Waals surface area contributed by atoms with Crippen LogP contribution in [0, 0.1) is 5.41 Å². The van der Waals surface area contributed by atoms with Crippen molar-refractivity contribution in [3.05, 3.63) is 0 Å². The molecule has 0 aromatic heterocycles. The zero-order valence-corrected chi connectivity index (χ0v) is 9.50. The van der Waals surface area contributed by atoms with Crippen molar-refractivity contribution >= 4 is 0 Å². The maximum atomic E-state index is 9.44. The molecule has 1 saturated heterocycles. The zero-order chi connectivity index (χ0) is 10.6. The molecule has 3 heteroatoms. The van der Waals surface area contributed by atoms with Crippen molar-refractivity contribution in [1.29, 1.82) is 0 Å². The van der Waals surface area contributed by atoms with E-state index in [0.29, 0.717) is 12.7 Å². The molecular weight excluding hydrogens is 190 g/mol. The highest BCUT2D eigenvalue weighted by molar-refractivity contribution is 4.86. The summed E-state index contributed by atoms with van der Waals surface area (Å²) >= 11 is 0. The number of hydrogen-bond acceptors (Lipinski definition) is 3. The molecule has 2 N–H and O–H groups in total. The minimum absolute atomic E-state index is 0.179. The predicted octanol–water partition coefficient (Wildman–Crippen LogP) is 1.31. The highest BCUT2D eigenvalue weighted by Gasteiger charge is 2.32. The number of nitrogens with one attached hydrogen (secondary N) is 1. The SMILES string of the molecule is OCC1(CNCC2CCCO2)CCCC1. The fourth-order valence-electron chi connectivity index (χ4n) is 2.82. The standard InChI is InChI=1S/C12H23NO2/c14-10-12(5-1-2-6-12)9-13-8-11-4-3-7-15-11/h11,13-14H,1-10H2. The zero-order valence-electron chi connectivity index (χ0n) is 9.50. The maximum Gasteiger partial charge on any atom is 0.0700 e. The van der Waals surface area contributed by atoms with Gasteiger partial charge in [-0.1, -0.05) is 12.8 Å². The molecule has 2 aliphatic rings. The minimum Gasteiger partial charge on any atom is -0.396 e. The van der Waals surface area contributed by atoms with Gasteiger partial charge in [0.25, 0.3) is 0 Å². The lowest BCUT2D eigenvalue weighted by molar-refractivity contribution is 0.0949. The Bertz CT molecular complexity index is 184. The molecule has 1 unspecified atom stereocenters. The number of ether oxygens (including phenoxy) is 1. The van der Waals surface area contributed by atoms with E-state index in [1.54, 1.807) is 0 Å². The van der Waals surface area contributed by atoms with Gasteiger partial charge in [-0.2, -0.15) is 0 Å². The van der Waals surface area contributed by atoms with Crippen LogP contribution in [0.4, 0.5) is 0 Å². The Kier molecular flexibility index (Phi) is 4.00. The third-order valence-corrected chi connectivity index (χ3v) is 3.90. The van der Waals surface area contributed by atoms with Gasteiger partial charge in [-0.25, -0.2) is 0 Å². The molecule has 2 fully saturated rings. The van der Waals surface area contributed by atoms with Gasteiger partial charge in [0.2, 0.25) is 0 Å². The quantitative estimate of drug-likeness (QED) is 0.723. The molecule has 1 heterocycles. The van der Waals surface area contributed by atoms with Crippen molar-refractivity contribution in [2.24, 2.45) is 5.41 Å². The Morgan fingerprint density at radius 3 is 2.67 bits per heavy atom. The first-order chi connectivity index (χ1) is 7.35. The molecule has 1 atom stereocenters. The van der Waals surface area contributed by atoms with Gasteiger partial charge in [-0.05, 0) is 25.7 Å². The molecule has 1 saturated carbocycles. The van der Waals surface area contributed by atoms with E-state index in [-0.39, 0.29) is 5.41 Å². The van der Waals surface area contributed by atoms with Crippen LogP contribution in [-0.4, -0.2) is 37.5 Å². The van der Waals surface area contributed by atoms with Gasteiger partial charge in [-0.15, -0.1) is 0 Å². The van der Waals surface area contributed by atoms with Gasteiger partial charge >= 0.3 is 0 Å². The highest BCUT2D eigenvalue weighted by atomic mass is 16.5. The second kappa shape index (κ2) is 5.28. The minimum atomic E-state index is 0.179. The van der Waals surface area contributed by atoms with Crippen LogP contribution in [0.5, 0.6) is 0 Å². The van der Waals surface area contributed by atoms with Gasteiger partial charge in [0.1, 0.15) is 0 Å². The Balaban J connectivity index is 1.67. The monoisotopic (exact) mass is 213 g/mol. The molecule has 0 amide bonds. The molecule has 3 nitrogen and oxygen atoms in total. The van der Waals surface area contributed by atoms with E-state index in [1.807, 2.05) is 0 Å². The van der Waals surface area contributed by atoms with Crippen LogP contribution >= 0.6 is 0 Å². The number of rotatable bonds is 5. The first kappa shape index (κ1) is 11.4. The number of aliphatic hydroxyl groups is 1. The highest BCUT2D eigenvalue weighted by Crippen LogP contribution is 2.36. The fraction of sp³-hybridized carbons (Fsp3) is 1.00. The van der Waals surface area contributed by atoms with Crippen LogP contribution in [0.3, 0.4) is 0 Å². The molecule has 2 rings (SSSR count). The lowest BCUT2D eigenvalue weighted by atomic mass is 9.87. The summed E-state index contributed by atoms with van der Waals surface area (Å²) in [5.74, 6) is 0. The van der Waals surface area contributed by atoms with Gasteiger partial charge in [-0.3, -0.25) is 0 Å². The molecule has 1 aliphatic heterocycles. The average molecular weight is 213 g/mol. The summed E-state index contributed by atoms with van der Waals surface area (Å²) in [5.41, 5.74) is 0.179. The van der Waals surface area contributed by atoms with Crippen molar-refractivity contribution in [3.63, 3.8) is 0 Å².